The fourth-order valence-corrected chi connectivity index (χ4v) is 8.64. The van der Waals surface area contributed by atoms with Gasteiger partial charge in [-0.2, -0.15) is 0 Å². The highest BCUT2D eigenvalue weighted by Crippen LogP contribution is 2.90. The van der Waals surface area contributed by atoms with E-state index in [0.717, 1.165) is 0 Å². The fourth-order valence-electron chi connectivity index (χ4n) is 8.64. The third-order valence-electron chi connectivity index (χ3n) is 10.3. The minimum absolute atomic E-state index is 0.121. The highest BCUT2D eigenvalue weighted by atomic mass is 16.7. The molecule has 0 radical (unpaired) electrons. The summed E-state index contributed by atoms with van der Waals surface area (Å²) < 4.78 is 6.12. The van der Waals surface area contributed by atoms with Gasteiger partial charge in [0.2, 0.25) is 0 Å². The third kappa shape index (κ3) is 1.16. The van der Waals surface area contributed by atoms with Crippen LogP contribution < -0.4 is 0 Å². The molecule has 6 aliphatic rings. The highest BCUT2D eigenvalue weighted by Gasteiger charge is 3.07. The molecule has 7 nitrogen and oxygen atoms in total. The zero-order chi connectivity index (χ0) is 20.3. The molecule has 4 aliphatic carbocycles. The van der Waals surface area contributed by atoms with Crippen LogP contribution in [0.3, 0.4) is 0 Å². The first-order valence-corrected chi connectivity index (χ1v) is 10.1. The molecule has 0 aromatic carbocycles. The SMILES string of the molecule is CC(C)[C@@]1(O)C[C@@]2(O)[C@@]3(C)CC4(O)O[C@@]5([C@H](O)[C@@H](C)CC[C@]35O)[C@@]2(O)[C@]41C. The van der Waals surface area contributed by atoms with Crippen molar-refractivity contribution in [2.24, 2.45) is 22.7 Å². The summed E-state index contributed by atoms with van der Waals surface area (Å²) in [5.74, 6) is -2.69. The second-order valence-electron chi connectivity index (χ2n) is 10.9. The van der Waals surface area contributed by atoms with Gasteiger partial charge in [-0.25, -0.2) is 0 Å². The zero-order valence-corrected chi connectivity index (χ0v) is 16.7. The van der Waals surface area contributed by atoms with Gasteiger partial charge in [-0.05, 0) is 31.6 Å². The van der Waals surface area contributed by atoms with Crippen molar-refractivity contribution in [3.05, 3.63) is 0 Å². The molecule has 1 spiro atoms. The average Bonchev–Trinajstić information content (AvgIpc) is 2.82. The smallest absolute Gasteiger partial charge is 0.178 e. The zero-order valence-electron chi connectivity index (χ0n) is 16.7. The lowest BCUT2D eigenvalue weighted by Gasteiger charge is -2.60. The van der Waals surface area contributed by atoms with Crippen LogP contribution in [0.1, 0.15) is 60.3 Å². The Labute approximate surface area is 159 Å². The quantitative estimate of drug-likeness (QED) is 0.364. The van der Waals surface area contributed by atoms with E-state index in [0.29, 0.717) is 6.42 Å². The molecule has 0 aromatic heterocycles. The molecule has 154 valence electrons. The van der Waals surface area contributed by atoms with Gasteiger partial charge in [0, 0.05) is 18.3 Å². The summed E-state index contributed by atoms with van der Waals surface area (Å²) in [5, 5.41) is 70.9. The van der Waals surface area contributed by atoms with Crippen LogP contribution in [0.5, 0.6) is 0 Å². The molecule has 1 unspecified atom stereocenters. The molecule has 6 rings (SSSR count). The summed E-state index contributed by atoms with van der Waals surface area (Å²) in [5.41, 5.74) is -12.5. The summed E-state index contributed by atoms with van der Waals surface area (Å²) in [6.45, 7) is 8.55. The molecule has 2 heterocycles. The normalized spacial score (nSPS) is 71.6. The van der Waals surface area contributed by atoms with Crippen molar-refractivity contribution in [3.8, 4) is 0 Å². The van der Waals surface area contributed by atoms with E-state index in [1.807, 2.05) is 0 Å². The van der Waals surface area contributed by atoms with Crippen LogP contribution in [-0.2, 0) is 4.74 Å². The minimum atomic E-state index is -2.21. The van der Waals surface area contributed by atoms with Crippen LogP contribution in [0.25, 0.3) is 0 Å². The van der Waals surface area contributed by atoms with Crippen LogP contribution in [0.4, 0.5) is 0 Å². The molecular weight excluding hydrogens is 352 g/mol. The number of aliphatic hydroxyl groups excluding tert-OH is 1. The van der Waals surface area contributed by atoms with Gasteiger partial charge < -0.3 is 35.4 Å². The van der Waals surface area contributed by atoms with Crippen LogP contribution in [-0.4, -0.2) is 70.5 Å². The van der Waals surface area contributed by atoms with Gasteiger partial charge in [-0.15, -0.1) is 0 Å². The Bertz CT molecular complexity index is 759. The maximum Gasteiger partial charge on any atom is 0.178 e. The molecule has 0 aromatic rings. The van der Waals surface area contributed by atoms with E-state index in [1.165, 1.54) is 6.92 Å². The van der Waals surface area contributed by atoms with Gasteiger partial charge in [0.05, 0.1) is 17.1 Å². The minimum Gasteiger partial charge on any atom is -0.390 e. The molecule has 2 saturated heterocycles. The average molecular weight is 384 g/mol. The highest BCUT2D eigenvalue weighted by molar-refractivity contribution is 5.54. The van der Waals surface area contributed by atoms with Crippen molar-refractivity contribution in [3.63, 3.8) is 0 Å². The molecule has 4 saturated carbocycles. The predicted molar refractivity (Wildman–Crippen MR) is 93.3 cm³/mol. The Balaban J connectivity index is 1.94. The third-order valence-corrected chi connectivity index (χ3v) is 10.3. The van der Waals surface area contributed by atoms with E-state index in [4.69, 9.17) is 4.74 Å². The fraction of sp³-hybridized carbons (Fsp3) is 1.00. The lowest BCUT2D eigenvalue weighted by molar-refractivity contribution is -0.390. The number of hydrogen-bond acceptors (Lipinski definition) is 7. The largest absolute Gasteiger partial charge is 0.390 e. The number of hydrogen-bond donors (Lipinski definition) is 6. The van der Waals surface area contributed by atoms with Gasteiger partial charge in [0.1, 0.15) is 16.8 Å². The number of aliphatic hydroxyl groups is 6. The topological polar surface area (TPSA) is 131 Å². The first-order chi connectivity index (χ1) is 12.1. The first-order valence-electron chi connectivity index (χ1n) is 10.1. The molecule has 6 fully saturated rings. The van der Waals surface area contributed by atoms with Crippen molar-refractivity contribution < 1.29 is 35.4 Å². The molecule has 27 heavy (non-hydrogen) atoms. The van der Waals surface area contributed by atoms with E-state index in [9.17, 15) is 30.6 Å². The second kappa shape index (κ2) is 4.13. The lowest BCUT2D eigenvalue weighted by atomic mass is 9.52. The summed E-state index contributed by atoms with van der Waals surface area (Å²) in [6.07, 6.45) is -0.869. The number of ether oxygens (including phenoxy) is 1. The molecule has 10 atom stereocenters. The van der Waals surface area contributed by atoms with Crippen molar-refractivity contribution >= 4 is 0 Å². The lowest BCUT2D eigenvalue weighted by Crippen LogP contribution is -2.75. The maximum atomic E-state index is 12.3. The maximum absolute atomic E-state index is 12.3. The van der Waals surface area contributed by atoms with Gasteiger partial charge in [-0.1, -0.05) is 27.7 Å². The van der Waals surface area contributed by atoms with E-state index >= 15 is 0 Å². The van der Waals surface area contributed by atoms with Crippen molar-refractivity contribution in [1.82, 2.24) is 0 Å². The molecule has 6 N–H and O–H groups in total. The van der Waals surface area contributed by atoms with Gasteiger partial charge in [-0.3, -0.25) is 0 Å². The Morgan fingerprint density at radius 2 is 1.56 bits per heavy atom. The van der Waals surface area contributed by atoms with E-state index in [1.54, 1.807) is 27.7 Å². The summed E-state index contributed by atoms with van der Waals surface area (Å²) >= 11 is 0. The van der Waals surface area contributed by atoms with Crippen LogP contribution in [0.15, 0.2) is 0 Å². The van der Waals surface area contributed by atoms with Gasteiger partial charge in [0.15, 0.2) is 11.4 Å². The molecule has 7 heteroatoms. The van der Waals surface area contributed by atoms with Gasteiger partial charge >= 0.3 is 0 Å². The Morgan fingerprint density at radius 1 is 0.963 bits per heavy atom. The summed E-state index contributed by atoms with van der Waals surface area (Å²) in [7, 11) is 0. The Morgan fingerprint density at radius 3 is 2.11 bits per heavy atom. The monoisotopic (exact) mass is 384 g/mol. The van der Waals surface area contributed by atoms with Crippen LogP contribution in [0, 0.1) is 22.7 Å². The molecule has 0 amide bonds. The molecule has 2 aliphatic heterocycles. The second-order valence-corrected chi connectivity index (χ2v) is 10.9. The van der Waals surface area contributed by atoms with E-state index in [2.05, 4.69) is 0 Å². The summed E-state index contributed by atoms with van der Waals surface area (Å²) in [4.78, 5) is 0. The van der Waals surface area contributed by atoms with Gasteiger partial charge in [0.25, 0.3) is 0 Å². The molecule has 6 bridgehead atoms. The van der Waals surface area contributed by atoms with E-state index < -0.39 is 56.6 Å². The van der Waals surface area contributed by atoms with Crippen molar-refractivity contribution in [2.45, 2.75) is 100 Å². The predicted octanol–water partition coefficient (Wildman–Crippen LogP) is -0.351. The Hall–Kier alpha value is -0.280. The number of rotatable bonds is 1. The van der Waals surface area contributed by atoms with Crippen molar-refractivity contribution in [2.75, 3.05) is 0 Å². The van der Waals surface area contributed by atoms with Crippen molar-refractivity contribution in [1.29, 1.82) is 0 Å². The molecular formula is C20H32O7. The van der Waals surface area contributed by atoms with Crippen LogP contribution >= 0.6 is 0 Å². The Kier molecular flexibility index (Phi) is 2.86. The summed E-state index contributed by atoms with van der Waals surface area (Å²) in [6, 6.07) is 0. The van der Waals surface area contributed by atoms with E-state index in [-0.39, 0.29) is 25.2 Å². The first kappa shape index (κ1) is 18.7. The standard InChI is InChI=1S/C20H32O7/c1-10(2)15(22)9-17(24)13(4)8-18(25)14(15,5)20(17,26)19(27-18)12(21)11(3)6-7-16(13,19)23/h10-12,21-26H,6-9H2,1-5H3/t11-,12+,13-,14-,15-,16-,17+,18?,19+,20+/m0/s1. The van der Waals surface area contributed by atoms with Crippen LogP contribution in [0.2, 0.25) is 0 Å².